The average Bonchev–Trinajstić information content (AvgIpc) is 3.02. The van der Waals surface area contributed by atoms with Crippen molar-refractivity contribution < 1.29 is 18.3 Å². The third kappa shape index (κ3) is 4.86. The lowest BCUT2D eigenvalue weighted by Gasteiger charge is -2.18. The van der Waals surface area contributed by atoms with Gasteiger partial charge in [0.2, 0.25) is 0 Å². The lowest BCUT2D eigenvalue weighted by atomic mass is 10.1. The third-order valence-electron chi connectivity index (χ3n) is 6.15. The summed E-state index contributed by atoms with van der Waals surface area (Å²) in [5.74, 6) is -0.859. The summed E-state index contributed by atoms with van der Waals surface area (Å²) >= 11 is 6.61. The van der Waals surface area contributed by atoms with Crippen LogP contribution in [0.25, 0.3) is 10.9 Å². The number of fused-ring (bicyclic) bond motifs is 2. The second-order valence-electron chi connectivity index (χ2n) is 8.48. The Morgan fingerprint density at radius 3 is 2.71 bits per heavy atom. The highest BCUT2D eigenvalue weighted by Gasteiger charge is 2.26. The molecule has 1 aliphatic heterocycles. The van der Waals surface area contributed by atoms with Crippen LogP contribution in [0.5, 0.6) is 5.75 Å². The van der Waals surface area contributed by atoms with E-state index in [0.29, 0.717) is 18.1 Å². The number of ether oxygens (including phenoxy) is 2. The number of benzene rings is 2. The zero-order valence-corrected chi connectivity index (χ0v) is 20.1. The van der Waals surface area contributed by atoms with Crippen LogP contribution in [0.15, 0.2) is 58.0 Å². The van der Waals surface area contributed by atoms with Gasteiger partial charge in [0.15, 0.2) is 11.3 Å². The lowest BCUT2D eigenvalue weighted by molar-refractivity contribution is 0.146. The molecule has 2 heterocycles. The number of alkyl halides is 1. The van der Waals surface area contributed by atoms with E-state index in [2.05, 4.69) is 16.2 Å². The maximum Gasteiger partial charge on any atom is 0.178 e. The van der Waals surface area contributed by atoms with Crippen molar-refractivity contribution in [3.63, 3.8) is 0 Å². The third-order valence-corrected chi connectivity index (χ3v) is 6.48. The van der Waals surface area contributed by atoms with E-state index in [1.807, 2.05) is 24.3 Å². The zero-order chi connectivity index (χ0) is 24.4. The van der Waals surface area contributed by atoms with Crippen LogP contribution in [0.3, 0.4) is 0 Å². The van der Waals surface area contributed by atoms with Gasteiger partial charge in [-0.25, -0.2) is 18.8 Å². The number of allylic oxidation sites excluding steroid dienone is 1. The van der Waals surface area contributed by atoms with Crippen LogP contribution >= 0.6 is 11.6 Å². The molecule has 6 nitrogen and oxygen atoms in total. The lowest BCUT2D eigenvalue weighted by Crippen LogP contribution is -2.21. The summed E-state index contributed by atoms with van der Waals surface area (Å²) < 4.78 is 41.6. The van der Waals surface area contributed by atoms with Crippen molar-refractivity contribution in [1.82, 2.24) is 9.78 Å². The van der Waals surface area contributed by atoms with Crippen LogP contribution < -0.4 is 4.74 Å². The fraction of sp³-hybridized carbons (Fsp3) is 0.346. The number of rotatable bonds is 7. The van der Waals surface area contributed by atoms with Gasteiger partial charge in [-0.15, -0.1) is 0 Å². The summed E-state index contributed by atoms with van der Waals surface area (Å²) in [5, 5.41) is 5.48. The number of nitrogens with zero attached hydrogens (tertiary/aromatic N) is 4. The number of para-hydroxylation sites is 1. The normalized spacial score (nSPS) is 17.9. The molecule has 0 spiro atoms. The van der Waals surface area contributed by atoms with Crippen molar-refractivity contribution in [3.05, 3.63) is 70.9 Å². The summed E-state index contributed by atoms with van der Waals surface area (Å²) in [6.07, 6.45) is 6.05. The largest absolute Gasteiger partial charge is 0.491 e. The van der Waals surface area contributed by atoms with Gasteiger partial charge in [0, 0.05) is 41.5 Å². The molecule has 0 fully saturated rings. The average molecular weight is 499 g/mol. The number of hydrogen-bond acceptors (Lipinski definition) is 5. The first kappa shape index (κ1) is 23.6. The van der Waals surface area contributed by atoms with E-state index in [0.717, 1.165) is 47.9 Å². The molecule has 0 amide bonds. The topological polar surface area (TPSA) is 61.0 Å². The minimum absolute atomic E-state index is 0.101. The van der Waals surface area contributed by atoms with Crippen LogP contribution in [0.1, 0.15) is 36.9 Å². The van der Waals surface area contributed by atoms with Crippen molar-refractivity contribution in [3.8, 4) is 5.75 Å². The molecule has 9 heteroatoms. The van der Waals surface area contributed by atoms with Crippen LogP contribution in [0.2, 0.25) is 0 Å². The van der Waals surface area contributed by atoms with Gasteiger partial charge in [0.1, 0.15) is 29.7 Å². The molecule has 35 heavy (non-hydrogen) atoms. The van der Waals surface area contributed by atoms with Crippen LogP contribution in [0.4, 0.5) is 8.78 Å². The maximum atomic E-state index is 14.9. The highest BCUT2D eigenvalue weighted by Crippen LogP contribution is 2.30. The van der Waals surface area contributed by atoms with Crippen LogP contribution in [0, 0.1) is 11.6 Å². The summed E-state index contributed by atoms with van der Waals surface area (Å²) in [7, 11) is 1.53. The summed E-state index contributed by atoms with van der Waals surface area (Å²) in [5.41, 5.74) is 2.53. The van der Waals surface area contributed by atoms with Crippen molar-refractivity contribution in [2.24, 2.45) is 9.98 Å². The first-order chi connectivity index (χ1) is 17.0. The molecule has 1 unspecified atom stereocenters. The molecule has 5 rings (SSSR count). The predicted octanol–water partition coefficient (Wildman–Crippen LogP) is 5.65. The van der Waals surface area contributed by atoms with Crippen molar-refractivity contribution in [2.45, 2.75) is 37.7 Å². The number of aromatic nitrogens is 2. The monoisotopic (exact) mass is 498 g/mol. The smallest absolute Gasteiger partial charge is 0.178 e. The molecule has 0 N–H and O–H groups in total. The molecule has 1 aliphatic carbocycles. The zero-order valence-electron chi connectivity index (χ0n) is 19.3. The van der Waals surface area contributed by atoms with E-state index in [-0.39, 0.29) is 24.5 Å². The van der Waals surface area contributed by atoms with Gasteiger partial charge in [-0.3, -0.25) is 4.68 Å². The Hall–Kier alpha value is -3.10. The predicted molar refractivity (Wildman–Crippen MR) is 133 cm³/mol. The minimum atomic E-state index is -0.706. The van der Waals surface area contributed by atoms with E-state index in [1.54, 1.807) is 4.68 Å². The first-order valence-corrected chi connectivity index (χ1v) is 12.0. The summed E-state index contributed by atoms with van der Waals surface area (Å²) in [6.45, 7) is 0.419. The van der Waals surface area contributed by atoms with E-state index >= 15 is 0 Å². The van der Waals surface area contributed by atoms with Gasteiger partial charge in [-0.05, 0) is 31.7 Å². The van der Waals surface area contributed by atoms with Crippen molar-refractivity contribution in [2.75, 3.05) is 20.3 Å². The van der Waals surface area contributed by atoms with Crippen LogP contribution in [-0.2, 0) is 11.3 Å². The second kappa shape index (κ2) is 10.3. The number of halogens is 3. The highest BCUT2D eigenvalue weighted by molar-refractivity contribution is 6.30. The molecule has 0 saturated carbocycles. The fourth-order valence-corrected chi connectivity index (χ4v) is 4.69. The van der Waals surface area contributed by atoms with E-state index in [4.69, 9.17) is 26.1 Å². The van der Waals surface area contributed by atoms with E-state index in [1.165, 1.54) is 19.2 Å². The van der Waals surface area contributed by atoms with Gasteiger partial charge in [-0.2, -0.15) is 5.10 Å². The van der Waals surface area contributed by atoms with Gasteiger partial charge in [-0.1, -0.05) is 35.9 Å². The number of aliphatic imine (C=N–C) groups is 2. The summed E-state index contributed by atoms with van der Waals surface area (Å²) in [4.78, 5) is 9.41. The molecule has 0 radical (unpaired) electrons. The molecule has 2 aliphatic rings. The molecule has 0 bridgehead atoms. The Morgan fingerprint density at radius 1 is 1.11 bits per heavy atom. The maximum absolute atomic E-state index is 14.9. The quantitative estimate of drug-likeness (QED) is 0.240. The Morgan fingerprint density at radius 2 is 1.91 bits per heavy atom. The van der Waals surface area contributed by atoms with Gasteiger partial charge in [0.05, 0.1) is 18.7 Å². The first-order valence-electron chi connectivity index (χ1n) is 11.6. The Labute approximate surface area is 206 Å². The Balaban J connectivity index is 1.50. The molecular formula is C26H25ClF2N4O2. The van der Waals surface area contributed by atoms with E-state index in [9.17, 15) is 8.78 Å². The Bertz CT molecular complexity index is 1330. The van der Waals surface area contributed by atoms with Crippen molar-refractivity contribution >= 4 is 34.1 Å². The number of hydrogen-bond donors (Lipinski definition) is 0. The number of methoxy groups -OCH3 is 1. The molecule has 3 aromatic rings. The van der Waals surface area contributed by atoms with E-state index < -0.39 is 17.1 Å². The molecule has 2 aromatic carbocycles. The highest BCUT2D eigenvalue weighted by atomic mass is 35.5. The molecule has 0 saturated heterocycles. The molecule has 1 aromatic heterocycles. The SMILES string of the molecule is COCCOc1cc(F)c(Cn2nc(C3=NC(Cl)C4=CCCCCC4=N3)c3ccccc32)c(F)c1. The fourth-order valence-electron chi connectivity index (χ4n) is 4.38. The minimum Gasteiger partial charge on any atom is -0.491 e. The van der Waals surface area contributed by atoms with Crippen molar-refractivity contribution in [1.29, 1.82) is 0 Å². The van der Waals surface area contributed by atoms with Gasteiger partial charge >= 0.3 is 0 Å². The second-order valence-corrected chi connectivity index (χ2v) is 8.90. The van der Waals surface area contributed by atoms with Gasteiger partial charge < -0.3 is 9.47 Å². The van der Waals surface area contributed by atoms with Crippen LogP contribution in [-0.4, -0.2) is 47.2 Å². The number of amidine groups is 1. The van der Waals surface area contributed by atoms with Gasteiger partial charge in [0.25, 0.3) is 0 Å². The molecule has 1 atom stereocenters. The summed E-state index contributed by atoms with van der Waals surface area (Å²) in [6, 6.07) is 9.85. The standard InChI is InChI=1S/C26H25ClF2N4O2/c1-34-11-12-35-16-13-20(28)19(21(29)14-16)15-33-23-10-6-5-8-18(23)24(32-33)26-30-22-9-4-2-3-7-17(22)25(27)31-26/h5-8,10,13-14,25H,2-4,9,11-12,15H2,1H3. The molecular weight excluding hydrogens is 474 g/mol. The Kier molecular flexibility index (Phi) is 6.92. The molecule has 182 valence electrons.